The first-order valence-electron chi connectivity index (χ1n) is 15.0. The number of ether oxygens (including phenoxy) is 2. The fourth-order valence-electron chi connectivity index (χ4n) is 5.33. The van der Waals surface area contributed by atoms with E-state index in [9.17, 15) is 13.2 Å². The van der Waals surface area contributed by atoms with Crippen LogP contribution < -0.4 is 9.46 Å². The van der Waals surface area contributed by atoms with Crippen molar-refractivity contribution in [2.75, 3.05) is 13.7 Å². The van der Waals surface area contributed by atoms with Crippen molar-refractivity contribution < 1.29 is 22.7 Å². The topological polar surface area (TPSA) is 112 Å². The Bertz CT molecular complexity index is 1950. The molecule has 45 heavy (non-hydrogen) atoms. The van der Waals surface area contributed by atoms with Gasteiger partial charge < -0.3 is 14.0 Å². The third-order valence-electron chi connectivity index (χ3n) is 7.64. The number of imidazole rings is 1. The van der Waals surface area contributed by atoms with Crippen molar-refractivity contribution in [2.24, 2.45) is 0 Å². The van der Waals surface area contributed by atoms with E-state index in [0.29, 0.717) is 29.8 Å². The van der Waals surface area contributed by atoms with Gasteiger partial charge in [0.1, 0.15) is 17.1 Å². The summed E-state index contributed by atoms with van der Waals surface area (Å²) in [6.45, 7) is 8.77. The lowest BCUT2D eigenvalue weighted by Crippen LogP contribution is -2.31. The molecule has 1 amide bonds. The van der Waals surface area contributed by atoms with Crippen molar-refractivity contribution >= 4 is 27.3 Å². The Labute approximate surface area is 264 Å². The number of aryl methyl sites for hydroxylation is 3. The quantitative estimate of drug-likeness (QED) is 0.154. The summed E-state index contributed by atoms with van der Waals surface area (Å²) >= 11 is 0. The lowest BCUT2D eigenvalue weighted by molar-refractivity contribution is 0.151. The number of sulfonamides is 1. The summed E-state index contributed by atoms with van der Waals surface area (Å²) in [5.74, 6) is 1.64. The normalized spacial score (nSPS) is 11.5. The Hall–Kier alpha value is -4.70. The van der Waals surface area contributed by atoms with Crippen molar-refractivity contribution in [3.63, 3.8) is 0 Å². The van der Waals surface area contributed by atoms with Crippen LogP contribution >= 0.6 is 0 Å². The number of pyridine rings is 1. The molecule has 0 bridgehead atoms. The second-order valence-corrected chi connectivity index (χ2v) is 12.6. The van der Waals surface area contributed by atoms with Crippen LogP contribution in [-0.4, -0.2) is 42.8 Å². The minimum absolute atomic E-state index is 0.0293. The first-order valence-corrected chi connectivity index (χ1v) is 16.5. The van der Waals surface area contributed by atoms with Crippen LogP contribution in [0.5, 0.6) is 5.75 Å². The number of rotatable bonds is 11. The number of nitrogens with zero attached hydrogens (tertiary/aromatic N) is 3. The molecule has 0 fully saturated rings. The Kier molecular flexibility index (Phi) is 9.53. The maximum atomic E-state index is 13.5. The van der Waals surface area contributed by atoms with Crippen LogP contribution in [0.15, 0.2) is 77.7 Å². The Balaban J connectivity index is 1.53. The molecular formula is C35H38N4O5S. The number of hydrogen-bond acceptors (Lipinski definition) is 7. The number of hydrogen-bond donors (Lipinski definition) is 1. The molecule has 0 aliphatic rings. The largest absolute Gasteiger partial charge is 0.497 e. The summed E-state index contributed by atoms with van der Waals surface area (Å²) in [6, 6.07) is 22.4. The number of carbonyl (C=O) groups excluding carboxylic acids is 1. The molecule has 2 aromatic heterocycles. The third kappa shape index (κ3) is 7.01. The number of carbonyl (C=O) groups is 1. The van der Waals surface area contributed by atoms with Crippen LogP contribution in [0.3, 0.4) is 0 Å². The minimum Gasteiger partial charge on any atom is -0.497 e. The number of aromatic nitrogens is 3. The van der Waals surface area contributed by atoms with E-state index in [-0.39, 0.29) is 11.5 Å². The number of amides is 1. The number of nitrogens with one attached hydrogen (secondary N) is 1. The highest BCUT2D eigenvalue weighted by molar-refractivity contribution is 7.90. The molecule has 5 aromatic rings. The number of unbranched alkanes of at least 4 members (excludes halogenated alkanes) is 1. The summed E-state index contributed by atoms with van der Waals surface area (Å²) in [7, 11) is -2.65. The van der Waals surface area contributed by atoms with Crippen LogP contribution in [-0.2, 0) is 27.7 Å². The van der Waals surface area contributed by atoms with E-state index in [1.165, 1.54) is 6.07 Å². The van der Waals surface area contributed by atoms with Crippen molar-refractivity contribution in [2.45, 2.75) is 58.4 Å². The second kappa shape index (κ2) is 13.5. The molecule has 1 N–H and O–H groups in total. The zero-order valence-corrected chi connectivity index (χ0v) is 27.1. The van der Waals surface area contributed by atoms with Gasteiger partial charge in [0, 0.05) is 17.7 Å². The van der Waals surface area contributed by atoms with Gasteiger partial charge in [0.05, 0.1) is 25.2 Å². The van der Waals surface area contributed by atoms with Crippen LogP contribution in [0, 0.1) is 13.8 Å². The molecule has 0 atom stereocenters. The molecule has 5 rings (SSSR count). The molecule has 234 valence electrons. The SMILES string of the molecule is CCCCOC(=O)NS(=O)(=O)c1ccc(-c2cccc(OC)c2)cc1-c1ccc(Cn2c(CC)nc3c(C)cc(C)nc32)cc1. The average Bonchev–Trinajstić information content (AvgIpc) is 3.38. The highest BCUT2D eigenvalue weighted by Gasteiger charge is 2.24. The summed E-state index contributed by atoms with van der Waals surface area (Å²) in [5.41, 5.74) is 7.58. The molecule has 0 aliphatic carbocycles. The summed E-state index contributed by atoms with van der Waals surface area (Å²) < 4.78 is 41.7. The molecule has 10 heteroatoms. The van der Waals surface area contributed by atoms with Crippen molar-refractivity contribution in [1.29, 1.82) is 0 Å². The molecule has 0 radical (unpaired) electrons. The summed E-state index contributed by atoms with van der Waals surface area (Å²) in [6.07, 6.45) is 1.22. The first-order chi connectivity index (χ1) is 21.6. The van der Waals surface area contributed by atoms with E-state index >= 15 is 0 Å². The van der Waals surface area contributed by atoms with E-state index in [4.69, 9.17) is 19.4 Å². The summed E-state index contributed by atoms with van der Waals surface area (Å²) in [4.78, 5) is 22.0. The van der Waals surface area contributed by atoms with Crippen LogP contribution in [0.25, 0.3) is 33.4 Å². The van der Waals surface area contributed by atoms with Gasteiger partial charge in [-0.3, -0.25) is 0 Å². The fourth-order valence-corrected chi connectivity index (χ4v) is 6.43. The molecule has 9 nitrogen and oxygen atoms in total. The maximum absolute atomic E-state index is 13.5. The molecule has 3 aromatic carbocycles. The zero-order valence-electron chi connectivity index (χ0n) is 26.3. The van der Waals surface area contributed by atoms with Gasteiger partial charge in [0.25, 0.3) is 10.0 Å². The Morgan fingerprint density at radius 2 is 1.64 bits per heavy atom. The lowest BCUT2D eigenvalue weighted by Gasteiger charge is -2.15. The van der Waals surface area contributed by atoms with Gasteiger partial charge in [-0.1, -0.05) is 62.7 Å². The molecule has 0 spiro atoms. The van der Waals surface area contributed by atoms with Gasteiger partial charge in [-0.15, -0.1) is 0 Å². The first kappa shape index (κ1) is 31.7. The average molecular weight is 627 g/mol. The van der Waals surface area contributed by atoms with Gasteiger partial charge in [-0.25, -0.2) is 27.9 Å². The number of methoxy groups -OCH3 is 1. The summed E-state index contributed by atoms with van der Waals surface area (Å²) in [5, 5.41) is 0. The highest BCUT2D eigenvalue weighted by Crippen LogP contribution is 2.34. The van der Waals surface area contributed by atoms with Gasteiger partial charge in [0.15, 0.2) is 5.65 Å². The van der Waals surface area contributed by atoms with Crippen molar-refractivity contribution in [3.8, 4) is 28.0 Å². The fraction of sp³-hybridized carbons (Fsp3) is 0.286. The molecule has 0 saturated carbocycles. The third-order valence-corrected chi connectivity index (χ3v) is 9.01. The highest BCUT2D eigenvalue weighted by atomic mass is 32.2. The van der Waals surface area contributed by atoms with Crippen molar-refractivity contribution in [1.82, 2.24) is 19.3 Å². The number of fused-ring (bicyclic) bond motifs is 1. The zero-order chi connectivity index (χ0) is 32.1. The van der Waals surface area contributed by atoms with E-state index in [0.717, 1.165) is 57.8 Å². The van der Waals surface area contributed by atoms with E-state index in [1.54, 1.807) is 13.2 Å². The van der Waals surface area contributed by atoms with Crippen LogP contribution in [0.1, 0.15) is 49.3 Å². The maximum Gasteiger partial charge on any atom is 0.421 e. The van der Waals surface area contributed by atoms with Gasteiger partial charge in [-0.2, -0.15) is 0 Å². The van der Waals surface area contributed by atoms with E-state index < -0.39 is 16.1 Å². The van der Waals surface area contributed by atoms with Crippen LogP contribution in [0.2, 0.25) is 0 Å². The second-order valence-electron chi connectivity index (χ2n) is 11.0. The molecule has 0 unspecified atom stereocenters. The van der Waals surface area contributed by atoms with Gasteiger partial charge in [-0.05, 0) is 78.4 Å². The van der Waals surface area contributed by atoms with E-state index in [1.807, 2.05) is 81.4 Å². The van der Waals surface area contributed by atoms with Crippen molar-refractivity contribution in [3.05, 3.63) is 95.4 Å². The standard InChI is InChI=1S/C35H38N4O5S/c1-6-8-18-44-35(40)38-45(41,42)31-17-16-28(27-10-9-11-29(20-27)43-5)21-30(31)26-14-12-25(13-15-26)22-39-32(7-2)37-33-23(3)19-24(4)36-34(33)39/h9-17,19-21H,6-8,18,22H2,1-5H3,(H,38,40). The molecule has 2 heterocycles. The predicted octanol–water partition coefficient (Wildman–Crippen LogP) is 7.22. The lowest BCUT2D eigenvalue weighted by atomic mass is 9.98. The Morgan fingerprint density at radius 1 is 0.911 bits per heavy atom. The predicted molar refractivity (Wildman–Crippen MR) is 176 cm³/mol. The minimum atomic E-state index is -4.25. The molecule has 0 saturated heterocycles. The van der Waals surface area contributed by atoms with E-state index in [2.05, 4.69) is 16.2 Å². The Morgan fingerprint density at radius 3 is 2.36 bits per heavy atom. The van der Waals surface area contributed by atoms with Gasteiger partial charge in [0.2, 0.25) is 0 Å². The smallest absolute Gasteiger partial charge is 0.421 e. The van der Waals surface area contributed by atoms with Crippen LogP contribution in [0.4, 0.5) is 4.79 Å². The molecule has 0 aliphatic heterocycles. The van der Waals surface area contributed by atoms with Gasteiger partial charge >= 0.3 is 6.09 Å². The number of benzene rings is 3. The monoisotopic (exact) mass is 626 g/mol. The molecular weight excluding hydrogens is 588 g/mol.